The van der Waals surface area contributed by atoms with E-state index in [0.29, 0.717) is 0 Å². The molecule has 0 saturated carbocycles. The number of amides is 1. The maximum Gasteiger partial charge on any atom is 0.326 e. The lowest BCUT2D eigenvalue weighted by atomic mass is 10.1. The molecule has 86 valence electrons. The maximum absolute atomic E-state index is 11.2. The quantitative estimate of drug-likeness (QED) is 0.441. The van der Waals surface area contributed by atoms with Crippen molar-refractivity contribution in [3.8, 4) is 0 Å². The number of carbonyl (C=O) groups is 3. The van der Waals surface area contributed by atoms with Crippen molar-refractivity contribution in [1.29, 1.82) is 0 Å². The molecule has 7 heteroatoms. The summed E-state index contributed by atoms with van der Waals surface area (Å²) in [4.78, 5) is 32.0. The molecule has 0 radical (unpaired) electrons. The van der Waals surface area contributed by atoms with Crippen LogP contribution in [0, 0.1) is 0 Å². The monoisotopic (exact) mass is 218 g/mol. The Bertz CT molecular complexity index is 266. The summed E-state index contributed by atoms with van der Waals surface area (Å²) in [5.74, 6) is -3.15. The summed E-state index contributed by atoms with van der Waals surface area (Å²) in [7, 11) is 0. The van der Waals surface area contributed by atoms with Crippen LogP contribution in [0.3, 0.4) is 0 Å². The van der Waals surface area contributed by atoms with Gasteiger partial charge in [-0.3, -0.25) is 9.59 Å². The first-order valence-electron chi connectivity index (χ1n) is 4.39. The Hall–Kier alpha value is -1.63. The predicted octanol–water partition coefficient (Wildman–Crippen LogP) is -1.23. The van der Waals surface area contributed by atoms with Crippen LogP contribution in [0.4, 0.5) is 0 Å². The third-order valence-electron chi connectivity index (χ3n) is 1.75. The predicted molar refractivity (Wildman–Crippen MR) is 50.1 cm³/mol. The lowest BCUT2D eigenvalue weighted by Gasteiger charge is -2.15. The average Bonchev–Trinajstić information content (AvgIpc) is 2.11. The number of rotatable bonds is 6. The van der Waals surface area contributed by atoms with Crippen LogP contribution < -0.4 is 11.1 Å². The van der Waals surface area contributed by atoms with Crippen molar-refractivity contribution in [3.05, 3.63) is 0 Å². The lowest BCUT2D eigenvalue weighted by Crippen LogP contribution is -2.48. The van der Waals surface area contributed by atoms with E-state index in [1.165, 1.54) is 0 Å². The zero-order chi connectivity index (χ0) is 12.0. The fraction of sp³-hybridized carbons (Fsp3) is 0.625. The van der Waals surface area contributed by atoms with Gasteiger partial charge >= 0.3 is 11.9 Å². The van der Waals surface area contributed by atoms with Crippen molar-refractivity contribution in [3.63, 3.8) is 0 Å². The summed E-state index contributed by atoms with van der Waals surface area (Å²) in [6.45, 7) is 1.59. The molecular weight excluding hydrogens is 204 g/mol. The summed E-state index contributed by atoms with van der Waals surface area (Å²) in [5.41, 5.74) is 5.24. The van der Waals surface area contributed by atoms with Crippen molar-refractivity contribution < 1.29 is 24.6 Å². The SMILES string of the molecule is CCC(NC(=O)C(N)CC(=O)O)C(=O)O. The first kappa shape index (κ1) is 13.4. The van der Waals surface area contributed by atoms with Gasteiger partial charge in [-0.25, -0.2) is 4.79 Å². The van der Waals surface area contributed by atoms with Crippen LogP contribution >= 0.6 is 0 Å². The zero-order valence-electron chi connectivity index (χ0n) is 8.27. The Balaban J connectivity index is 4.21. The number of carboxylic acids is 2. The van der Waals surface area contributed by atoms with Crippen LogP contribution in [0.25, 0.3) is 0 Å². The Kier molecular flexibility index (Phi) is 5.32. The molecule has 0 aromatic rings. The summed E-state index contributed by atoms with van der Waals surface area (Å²) >= 11 is 0. The van der Waals surface area contributed by atoms with Crippen LogP contribution in [0.15, 0.2) is 0 Å². The Morgan fingerprint density at radius 2 is 1.87 bits per heavy atom. The minimum Gasteiger partial charge on any atom is -0.481 e. The second-order valence-corrected chi connectivity index (χ2v) is 3.01. The van der Waals surface area contributed by atoms with Crippen molar-refractivity contribution in [1.82, 2.24) is 5.32 Å². The molecule has 15 heavy (non-hydrogen) atoms. The van der Waals surface area contributed by atoms with E-state index in [1.807, 2.05) is 0 Å². The van der Waals surface area contributed by atoms with E-state index < -0.39 is 36.4 Å². The number of hydrogen-bond acceptors (Lipinski definition) is 4. The van der Waals surface area contributed by atoms with E-state index >= 15 is 0 Å². The van der Waals surface area contributed by atoms with E-state index in [4.69, 9.17) is 15.9 Å². The van der Waals surface area contributed by atoms with Gasteiger partial charge in [0, 0.05) is 0 Å². The molecule has 0 aliphatic heterocycles. The van der Waals surface area contributed by atoms with Crippen molar-refractivity contribution in [2.45, 2.75) is 31.8 Å². The van der Waals surface area contributed by atoms with Gasteiger partial charge < -0.3 is 21.3 Å². The van der Waals surface area contributed by atoms with Crippen molar-refractivity contribution >= 4 is 17.8 Å². The third kappa shape index (κ3) is 4.96. The first-order chi connectivity index (χ1) is 6.88. The number of aliphatic carboxylic acids is 2. The molecule has 0 aromatic carbocycles. The number of hydrogen-bond donors (Lipinski definition) is 4. The topological polar surface area (TPSA) is 130 Å². The smallest absolute Gasteiger partial charge is 0.326 e. The first-order valence-corrected chi connectivity index (χ1v) is 4.39. The van der Waals surface area contributed by atoms with E-state index in [0.717, 1.165) is 0 Å². The molecule has 2 unspecified atom stereocenters. The highest BCUT2D eigenvalue weighted by molar-refractivity contribution is 5.89. The maximum atomic E-state index is 11.2. The molecule has 2 atom stereocenters. The molecule has 0 aromatic heterocycles. The molecule has 0 aliphatic carbocycles. The van der Waals surface area contributed by atoms with Gasteiger partial charge in [-0.1, -0.05) is 6.92 Å². The summed E-state index contributed by atoms with van der Waals surface area (Å²) in [6, 6.07) is -2.26. The van der Waals surface area contributed by atoms with Crippen LogP contribution in [0.2, 0.25) is 0 Å². The Morgan fingerprint density at radius 1 is 1.33 bits per heavy atom. The minimum atomic E-state index is -1.23. The number of carboxylic acid groups (broad SMARTS) is 2. The molecule has 0 aliphatic rings. The minimum absolute atomic E-state index is 0.209. The molecule has 0 saturated heterocycles. The van der Waals surface area contributed by atoms with E-state index in [-0.39, 0.29) is 6.42 Å². The fourth-order valence-electron chi connectivity index (χ4n) is 0.898. The highest BCUT2D eigenvalue weighted by atomic mass is 16.4. The van der Waals surface area contributed by atoms with Crippen LogP contribution in [-0.2, 0) is 14.4 Å². The fourth-order valence-corrected chi connectivity index (χ4v) is 0.898. The zero-order valence-corrected chi connectivity index (χ0v) is 8.27. The van der Waals surface area contributed by atoms with E-state index in [9.17, 15) is 14.4 Å². The largest absolute Gasteiger partial charge is 0.481 e. The molecular formula is C8H14N2O5. The second kappa shape index (κ2) is 5.97. The highest BCUT2D eigenvalue weighted by Crippen LogP contribution is 1.94. The summed E-state index contributed by atoms with van der Waals surface area (Å²) < 4.78 is 0. The van der Waals surface area contributed by atoms with E-state index in [2.05, 4.69) is 5.32 Å². The summed E-state index contributed by atoms with van der Waals surface area (Å²) in [6.07, 6.45) is -0.317. The Labute approximate surface area is 86.3 Å². The second-order valence-electron chi connectivity index (χ2n) is 3.01. The highest BCUT2D eigenvalue weighted by Gasteiger charge is 2.22. The lowest BCUT2D eigenvalue weighted by molar-refractivity contribution is -0.142. The van der Waals surface area contributed by atoms with Crippen LogP contribution in [0.1, 0.15) is 19.8 Å². The number of nitrogens with one attached hydrogen (secondary N) is 1. The molecule has 1 amide bonds. The summed E-state index contributed by atoms with van der Waals surface area (Å²) in [5, 5.41) is 19.1. The van der Waals surface area contributed by atoms with Gasteiger partial charge in [0.2, 0.25) is 5.91 Å². The van der Waals surface area contributed by atoms with Gasteiger partial charge in [0.25, 0.3) is 0 Å². The molecule has 0 rings (SSSR count). The standard InChI is InChI=1S/C8H14N2O5/c1-2-5(8(14)15)10-7(13)4(9)3-6(11)12/h4-5H,2-3,9H2,1H3,(H,10,13)(H,11,12)(H,14,15). The van der Waals surface area contributed by atoms with Gasteiger partial charge in [0.15, 0.2) is 0 Å². The van der Waals surface area contributed by atoms with E-state index in [1.54, 1.807) is 6.92 Å². The van der Waals surface area contributed by atoms with Crippen molar-refractivity contribution in [2.24, 2.45) is 5.73 Å². The third-order valence-corrected chi connectivity index (χ3v) is 1.75. The molecule has 0 bridgehead atoms. The van der Waals surface area contributed by atoms with Gasteiger partial charge in [0.05, 0.1) is 12.5 Å². The van der Waals surface area contributed by atoms with Gasteiger partial charge in [-0.2, -0.15) is 0 Å². The van der Waals surface area contributed by atoms with Gasteiger partial charge in [-0.15, -0.1) is 0 Å². The molecule has 0 fully saturated rings. The van der Waals surface area contributed by atoms with Crippen LogP contribution in [0.5, 0.6) is 0 Å². The average molecular weight is 218 g/mol. The van der Waals surface area contributed by atoms with Gasteiger partial charge in [0.1, 0.15) is 6.04 Å². The van der Waals surface area contributed by atoms with Gasteiger partial charge in [-0.05, 0) is 6.42 Å². The molecule has 0 heterocycles. The number of carbonyl (C=O) groups excluding carboxylic acids is 1. The molecule has 7 nitrogen and oxygen atoms in total. The molecule has 0 spiro atoms. The normalized spacial score (nSPS) is 14.0. The Morgan fingerprint density at radius 3 is 2.20 bits per heavy atom. The number of nitrogens with two attached hydrogens (primary N) is 1. The van der Waals surface area contributed by atoms with Crippen LogP contribution in [-0.4, -0.2) is 40.1 Å². The molecule has 5 N–H and O–H groups in total. The van der Waals surface area contributed by atoms with Crippen molar-refractivity contribution in [2.75, 3.05) is 0 Å².